The van der Waals surface area contributed by atoms with Crippen LogP contribution in [0, 0.1) is 0 Å². The molecule has 1 aromatic rings. The number of methoxy groups -OCH3 is 1. The van der Waals surface area contributed by atoms with Gasteiger partial charge in [0.25, 0.3) is 0 Å². The third kappa shape index (κ3) is 2.79. The zero-order chi connectivity index (χ0) is 12.3. The largest absolute Gasteiger partial charge is 0.508 e. The Kier molecular flexibility index (Phi) is 4.02. The second-order valence-corrected chi connectivity index (χ2v) is 4.76. The van der Waals surface area contributed by atoms with E-state index >= 15 is 0 Å². The summed E-state index contributed by atoms with van der Waals surface area (Å²) in [5, 5.41) is 13.4. The number of ether oxygens (including phenoxy) is 1. The lowest BCUT2D eigenvalue weighted by atomic mass is 10.1. The summed E-state index contributed by atoms with van der Waals surface area (Å²) in [5.74, 6) is 0.361. The van der Waals surface area contributed by atoms with E-state index in [2.05, 4.69) is 12.2 Å². The van der Waals surface area contributed by atoms with Crippen molar-refractivity contribution in [2.24, 2.45) is 0 Å². The summed E-state index contributed by atoms with van der Waals surface area (Å²) < 4.78 is 5.47. The Balaban J connectivity index is 2.01. The molecule has 0 radical (unpaired) electrons. The first-order valence-corrected chi connectivity index (χ1v) is 6.29. The quantitative estimate of drug-likeness (QED) is 0.843. The number of benzene rings is 1. The van der Waals surface area contributed by atoms with Crippen molar-refractivity contribution in [1.29, 1.82) is 0 Å². The minimum absolute atomic E-state index is 0.150. The van der Waals surface area contributed by atoms with Gasteiger partial charge in [0.1, 0.15) is 5.75 Å². The van der Waals surface area contributed by atoms with Crippen LogP contribution in [0.5, 0.6) is 5.75 Å². The van der Waals surface area contributed by atoms with E-state index in [0.29, 0.717) is 17.9 Å². The van der Waals surface area contributed by atoms with Crippen LogP contribution in [0.4, 0.5) is 0 Å². The molecule has 0 heterocycles. The van der Waals surface area contributed by atoms with Crippen LogP contribution in [0.25, 0.3) is 0 Å². The fourth-order valence-corrected chi connectivity index (χ4v) is 2.66. The molecule has 1 aliphatic rings. The van der Waals surface area contributed by atoms with Gasteiger partial charge in [-0.3, -0.25) is 0 Å². The molecule has 0 saturated heterocycles. The number of hydrogen-bond acceptors (Lipinski definition) is 3. The standard InChI is InChI=1S/C14H21NO2/c1-10(11-6-3-4-8-13(11)16)15-12-7-5-9-14(12)17-2/h3-4,6,8,10,12,14-16H,5,7,9H2,1-2H3. The van der Waals surface area contributed by atoms with E-state index in [9.17, 15) is 5.11 Å². The molecule has 1 fully saturated rings. The molecular formula is C14H21NO2. The summed E-state index contributed by atoms with van der Waals surface area (Å²) in [4.78, 5) is 0. The maximum atomic E-state index is 9.81. The molecule has 0 bridgehead atoms. The van der Waals surface area contributed by atoms with Gasteiger partial charge in [-0.25, -0.2) is 0 Å². The van der Waals surface area contributed by atoms with Crippen molar-refractivity contribution >= 4 is 0 Å². The normalized spacial score (nSPS) is 26.0. The van der Waals surface area contributed by atoms with Gasteiger partial charge in [-0.2, -0.15) is 0 Å². The topological polar surface area (TPSA) is 41.5 Å². The Labute approximate surface area is 103 Å². The molecule has 0 amide bonds. The lowest BCUT2D eigenvalue weighted by Gasteiger charge is -2.24. The number of hydrogen-bond donors (Lipinski definition) is 2. The van der Waals surface area contributed by atoms with Gasteiger partial charge in [-0.15, -0.1) is 0 Å². The third-order valence-corrected chi connectivity index (χ3v) is 3.62. The number of nitrogens with one attached hydrogen (secondary N) is 1. The van der Waals surface area contributed by atoms with Crippen molar-refractivity contribution in [3.05, 3.63) is 29.8 Å². The summed E-state index contributed by atoms with van der Waals surface area (Å²) in [5.41, 5.74) is 0.953. The predicted octanol–water partition coefficient (Wildman–Crippen LogP) is 2.61. The first-order valence-electron chi connectivity index (χ1n) is 6.29. The molecule has 0 spiro atoms. The highest BCUT2D eigenvalue weighted by Gasteiger charge is 2.28. The second kappa shape index (κ2) is 5.52. The summed E-state index contributed by atoms with van der Waals surface area (Å²) in [6, 6.07) is 8.04. The van der Waals surface area contributed by atoms with Crippen molar-refractivity contribution in [1.82, 2.24) is 5.32 Å². The Bertz CT molecular complexity index is 367. The van der Waals surface area contributed by atoms with Gasteiger partial charge in [-0.1, -0.05) is 18.2 Å². The molecule has 1 aliphatic carbocycles. The molecule has 94 valence electrons. The van der Waals surface area contributed by atoms with Crippen molar-refractivity contribution in [3.63, 3.8) is 0 Å². The number of phenols is 1. The first-order chi connectivity index (χ1) is 8.22. The zero-order valence-corrected chi connectivity index (χ0v) is 10.5. The van der Waals surface area contributed by atoms with Crippen LogP contribution >= 0.6 is 0 Å². The van der Waals surface area contributed by atoms with Gasteiger partial charge in [0.05, 0.1) is 6.10 Å². The predicted molar refractivity (Wildman–Crippen MR) is 68.1 cm³/mol. The molecule has 17 heavy (non-hydrogen) atoms. The van der Waals surface area contributed by atoms with Crippen molar-refractivity contribution in [2.45, 2.75) is 44.4 Å². The SMILES string of the molecule is COC1CCCC1NC(C)c1ccccc1O. The summed E-state index contributed by atoms with van der Waals surface area (Å²) >= 11 is 0. The monoisotopic (exact) mass is 235 g/mol. The highest BCUT2D eigenvalue weighted by atomic mass is 16.5. The molecular weight excluding hydrogens is 214 g/mol. The van der Waals surface area contributed by atoms with E-state index in [1.807, 2.05) is 18.2 Å². The lowest BCUT2D eigenvalue weighted by molar-refractivity contribution is 0.0818. The van der Waals surface area contributed by atoms with Gasteiger partial charge in [-0.05, 0) is 32.3 Å². The van der Waals surface area contributed by atoms with Gasteiger partial charge in [0.15, 0.2) is 0 Å². The molecule has 3 unspecified atom stereocenters. The third-order valence-electron chi connectivity index (χ3n) is 3.62. The van der Waals surface area contributed by atoms with Gasteiger partial charge in [0.2, 0.25) is 0 Å². The van der Waals surface area contributed by atoms with Crippen molar-refractivity contribution < 1.29 is 9.84 Å². The number of phenolic OH excluding ortho intramolecular Hbond substituents is 1. The fraction of sp³-hybridized carbons (Fsp3) is 0.571. The van der Waals surface area contributed by atoms with Gasteiger partial charge >= 0.3 is 0 Å². The van der Waals surface area contributed by atoms with Gasteiger partial charge < -0.3 is 15.2 Å². The average Bonchev–Trinajstić information content (AvgIpc) is 2.76. The molecule has 1 aromatic carbocycles. The van der Waals surface area contributed by atoms with Crippen LogP contribution in [0.15, 0.2) is 24.3 Å². The van der Waals surface area contributed by atoms with E-state index in [4.69, 9.17) is 4.74 Å². The Hall–Kier alpha value is -1.06. The van der Waals surface area contributed by atoms with Crippen LogP contribution in [0.1, 0.15) is 37.8 Å². The molecule has 3 nitrogen and oxygen atoms in total. The van der Waals surface area contributed by atoms with Crippen LogP contribution < -0.4 is 5.32 Å². The zero-order valence-electron chi connectivity index (χ0n) is 10.5. The Morgan fingerprint density at radius 3 is 2.82 bits per heavy atom. The van der Waals surface area contributed by atoms with E-state index in [1.165, 1.54) is 6.42 Å². The van der Waals surface area contributed by atoms with Crippen LogP contribution in [-0.4, -0.2) is 24.4 Å². The molecule has 3 heteroatoms. The van der Waals surface area contributed by atoms with E-state index in [-0.39, 0.29) is 6.04 Å². The molecule has 0 aromatic heterocycles. The van der Waals surface area contributed by atoms with Crippen molar-refractivity contribution in [2.75, 3.05) is 7.11 Å². The van der Waals surface area contributed by atoms with E-state index in [1.54, 1.807) is 13.2 Å². The minimum atomic E-state index is 0.150. The molecule has 2 rings (SSSR count). The van der Waals surface area contributed by atoms with Gasteiger partial charge in [0, 0.05) is 24.8 Å². The Morgan fingerprint density at radius 2 is 2.12 bits per heavy atom. The van der Waals surface area contributed by atoms with Crippen LogP contribution in [-0.2, 0) is 4.74 Å². The fourth-order valence-electron chi connectivity index (χ4n) is 2.66. The molecule has 0 aliphatic heterocycles. The van der Waals surface area contributed by atoms with E-state index in [0.717, 1.165) is 18.4 Å². The molecule has 1 saturated carbocycles. The molecule has 3 atom stereocenters. The lowest BCUT2D eigenvalue weighted by Crippen LogP contribution is -2.38. The minimum Gasteiger partial charge on any atom is -0.508 e. The molecule has 2 N–H and O–H groups in total. The van der Waals surface area contributed by atoms with E-state index < -0.39 is 0 Å². The highest BCUT2D eigenvalue weighted by molar-refractivity contribution is 5.34. The summed E-state index contributed by atoms with van der Waals surface area (Å²) in [6.45, 7) is 2.08. The van der Waals surface area contributed by atoms with Crippen molar-refractivity contribution in [3.8, 4) is 5.75 Å². The smallest absolute Gasteiger partial charge is 0.120 e. The summed E-state index contributed by atoms with van der Waals surface area (Å²) in [7, 11) is 1.77. The maximum absolute atomic E-state index is 9.81. The van der Waals surface area contributed by atoms with Crippen LogP contribution in [0.3, 0.4) is 0 Å². The second-order valence-electron chi connectivity index (χ2n) is 4.76. The number of aromatic hydroxyl groups is 1. The average molecular weight is 235 g/mol. The highest BCUT2D eigenvalue weighted by Crippen LogP contribution is 2.27. The number of para-hydroxylation sites is 1. The summed E-state index contributed by atoms with van der Waals surface area (Å²) in [6.07, 6.45) is 3.80. The van der Waals surface area contributed by atoms with Crippen LogP contribution in [0.2, 0.25) is 0 Å². The maximum Gasteiger partial charge on any atom is 0.120 e. The Morgan fingerprint density at radius 1 is 1.35 bits per heavy atom. The number of rotatable bonds is 4. The first kappa shape index (κ1) is 12.4.